The van der Waals surface area contributed by atoms with Gasteiger partial charge in [0.2, 0.25) is 5.91 Å². The molecule has 52 heavy (non-hydrogen) atoms. The minimum absolute atomic E-state index is 0.110. The number of nitrogens with zero attached hydrogens (tertiary/aromatic N) is 1. The topological polar surface area (TPSA) is 95.9 Å². The smallest absolute Gasteiger partial charge is 0.309 e. The van der Waals surface area contributed by atoms with Crippen LogP contribution in [0.15, 0.2) is 12.2 Å². The van der Waals surface area contributed by atoms with Gasteiger partial charge in [0.25, 0.3) is 0 Å². The molecule has 6 rings (SSSR count). The number of aliphatic carboxylic acids is 1. The molecule has 0 bridgehead atoms. The fourth-order valence-electron chi connectivity index (χ4n) is 14.7. The van der Waals surface area contributed by atoms with Gasteiger partial charge < -0.3 is 20.1 Å². The maximum Gasteiger partial charge on any atom is 0.309 e. The molecule has 6 saturated carbocycles. The molecular formula is C45H74N2O5. The Hall–Kier alpha value is -1.89. The summed E-state index contributed by atoms with van der Waals surface area (Å²) in [6.07, 6.45) is 15.1. The van der Waals surface area contributed by atoms with E-state index in [1.54, 1.807) is 13.8 Å². The Labute approximate surface area is 316 Å². The van der Waals surface area contributed by atoms with E-state index in [0.717, 1.165) is 51.4 Å². The number of carbonyl (C=O) groups excluding carboxylic acids is 2. The highest BCUT2D eigenvalue weighted by molar-refractivity contribution is 5.81. The Morgan fingerprint density at radius 2 is 1.54 bits per heavy atom. The van der Waals surface area contributed by atoms with Gasteiger partial charge >= 0.3 is 11.9 Å². The van der Waals surface area contributed by atoms with Crippen LogP contribution in [0.1, 0.15) is 152 Å². The molecule has 0 saturated heterocycles. The van der Waals surface area contributed by atoms with Gasteiger partial charge in [0, 0.05) is 23.9 Å². The zero-order valence-corrected chi connectivity index (χ0v) is 34.6. The Morgan fingerprint density at radius 3 is 2.15 bits per heavy atom. The molecule has 0 aromatic rings. The van der Waals surface area contributed by atoms with Crippen LogP contribution in [0.25, 0.3) is 0 Å². The van der Waals surface area contributed by atoms with Crippen molar-refractivity contribution in [3.05, 3.63) is 12.2 Å². The van der Waals surface area contributed by atoms with Crippen LogP contribution in [0.3, 0.4) is 0 Å². The van der Waals surface area contributed by atoms with Gasteiger partial charge in [0.15, 0.2) is 0 Å². The maximum absolute atomic E-state index is 13.9. The summed E-state index contributed by atoms with van der Waals surface area (Å²) in [6, 6.07) is 0.942. The van der Waals surface area contributed by atoms with Crippen molar-refractivity contribution >= 4 is 17.8 Å². The van der Waals surface area contributed by atoms with Crippen molar-refractivity contribution in [3.63, 3.8) is 0 Å². The highest BCUT2D eigenvalue weighted by Gasteiger charge is 2.70. The lowest BCUT2D eigenvalue weighted by molar-refractivity contribution is -0.249. The standard InChI is InChI=1S/C45H74N2O5/c1-27(2)31-16-17-32-28(24-37(48)46-29-12-14-30(15-13-29)47(10)11)25-45(9)33(39(31)32)18-19-35-43(7)22-21-36(52-38(49)26-41(3,4)40(50)51)42(5,6)34(43)20-23-44(35,45)8/h28-36,39H,1,12-26H2,2-11H3,(H,46,48)(H,50,51)/t28-,29?,30?,31-,32?,33+,34-,35+,36-,39-,43-,44+,45+/m0/s1. The second kappa shape index (κ2) is 14.0. The first-order valence-corrected chi connectivity index (χ1v) is 21.2. The zero-order chi connectivity index (χ0) is 38.2. The molecule has 0 aliphatic heterocycles. The normalized spacial score (nSPS) is 44.1. The molecule has 0 spiro atoms. The monoisotopic (exact) mass is 723 g/mol. The lowest BCUT2D eigenvalue weighted by Gasteiger charge is -2.73. The van der Waals surface area contributed by atoms with Crippen molar-refractivity contribution < 1.29 is 24.2 Å². The zero-order valence-electron chi connectivity index (χ0n) is 34.6. The summed E-state index contributed by atoms with van der Waals surface area (Å²) in [5, 5.41) is 13.2. The number of carboxylic acid groups (broad SMARTS) is 1. The summed E-state index contributed by atoms with van der Waals surface area (Å²) in [5.41, 5.74) is 0.451. The van der Waals surface area contributed by atoms with E-state index in [1.807, 2.05) is 0 Å². The molecule has 7 heteroatoms. The molecule has 7 nitrogen and oxygen atoms in total. The van der Waals surface area contributed by atoms with Crippen LogP contribution < -0.4 is 5.32 Å². The summed E-state index contributed by atoms with van der Waals surface area (Å²) >= 11 is 0. The molecular weight excluding hydrogens is 649 g/mol. The van der Waals surface area contributed by atoms with Crippen LogP contribution >= 0.6 is 0 Å². The molecule has 1 amide bonds. The fraction of sp³-hybridized carbons (Fsp3) is 0.889. The van der Waals surface area contributed by atoms with Crippen molar-refractivity contribution in [1.82, 2.24) is 10.2 Å². The van der Waals surface area contributed by atoms with Gasteiger partial charge in [-0.1, -0.05) is 46.8 Å². The first-order chi connectivity index (χ1) is 24.2. The molecule has 0 heterocycles. The van der Waals surface area contributed by atoms with E-state index >= 15 is 0 Å². The highest BCUT2D eigenvalue weighted by Crippen LogP contribution is 2.77. The third kappa shape index (κ3) is 6.61. The van der Waals surface area contributed by atoms with Gasteiger partial charge in [-0.3, -0.25) is 14.4 Å². The number of esters is 1. The predicted octanol–water partition coefficient (Wildman–Crippen LogP) is 9.29. The number of rotatable bonds is 9. The molecule has 6 aliphatic carbocycles. The number of carbonyl (C=O) groups is 3. The molecule has 294 valence electrons. The Kier molecular flexibility index (Phi) is 10.7. The van der Waals surface area contributed by atoms with Crippen LogP contribution in [-0.2, 0) is 19.1 Å². The summed E-state index contributed by atoms with van der Waals surface area (Å²) < 4.78 is 6.21. The number of allylic oxidation sites excluding steroid dienone is 1. The van der Waals surface area contributed by atoms with E-state index in [0.29, 0.717) is 59.9 Å². The fourth-order valence-corrected chi connectivity index (χ4v) is 14.7. The van der Waals surface area contributed by atoms with Crippen molar-refractivity contribution in [2.75, 3.05) is 14.1 Å². The number of amides is 1. The molecule has 0 aromatic carbocycles. The average molecular weight is 723 g/mol. The van der Waals surface area contributed by atoms with Crippen molar-refractivity contribution in [2.24, 2.45) is 68.5 Å². The minimum Gasteiger partial charge on any atom is -0.481 e. The molecule has 6 fully saturated rings. The number of nitrogens with one attached hydrogen (secondary N) is 1. The molecule has 2 N–H and O–H groups in total. The lowest BCUT2D eigenvalue weighted by Crippen LogP contribution is -2.67. The third-order valence-electron chi connectivity index (χ3n) is 17.7. The van der Waals surface area contributed by atoms with Crippen LogP contribution in [0, 0.1) is 68.5 Å². The largest absolute Gasteiger partial charge is 0.481 e. The quantitative estimate of drug-likeness (QED) is 0.182. The first kappa shape index (κ1) is 39.8. The number of hydrogen-bond acceptors (Lipinski definition) is 5. The van der Waals surface area contributed by atoms with Crippen molar-refractivity contribution in [1.29, 1.82) is 0 Å². The second-order valence-electron chi connectivity index (χ2n) is 21.3. The van der Waals surface area contributed by atoms with E-state index in [2.05, 4.69) is 72.4 Å². The third-order valence-corrected chi connectivity index (χ3v) is 17.7. The second-order valence-corrected chi connectivity index (χ2v) is 21.3. The summed E-state index contributed by atoms with van der Waals surface area (Å²) in [4.78, 5) is 41.2. The van der Waals surface area contributed by atoms with Gasteiger partial charge in [0.05, 0.1) is 11.8 Å². The van der Waals surface area contributed by atoms with Gasteiger partial charge in [0.1, 0.15) is 6.10 Å². The van der Waals surface area contributed by atoms with Crippen molar-refractivity contribution in [2.45, 2.75) is 170 Å². The van der Waals surface area contributed by atoms with E-state index in [9.17, 15) is 19.5 Å². The SMILES string of the molecule is C=C(C)[C@@H]1CCC2[C@@H](CC(=O)NC3CCC(N(C)C)CC3)C[C@]3(C)[C@H](CC[C@@H]4[C@@]5(C)CC[C@H](OC(=O)CC(C)(C)C(=O)O)C(C)(C)[C@@H]5CC[C@]43C)[C@H]21. The van der Waals surface area contributed by atoms with E-state index < -0.39 is 11.4 Å². The van der Waals surface area contributed by atoms with E-state index in [-0.39, 0.29) is 46.1 Å². The number of carboxylic acids is 1. The number of fused-ring (bicyclic) bond motifs is 7. The van der Waals surface area contributed by atoms with Crippen molar-refractivity contribution in [3.8, 4) is 0 Å². The summed E-state index contributed by atoms with van der Waals surface area (Å²) in [6.45, 7) is 22.5. The minimum atomic E-state index is -1.14. The van der Waals surface area contributed by atoms with E-state index in [4.69, 9.17) is 4.74 Å². The van der Waals surface area contributed by atoms with Gasteiger partial charge in [-0.2, -0.15) is 0 Å². The molecule has 6 aliphatic rings. The first-order valence-electron chi connectivity index (χ1n) is 21.2. The number of hydrogen-bond donors (Lipinski definition) is 2. The number of ether oxygens (including phenoxy) is 1. The highest BCUT2D eigenvalue weighted by atomic mass is 16.5. The van der Waals surface area contributed by atoms with Crippen LogP contribution in [0.2, 0.25) is 0 Å². The Morgan fingerprint density at radius 1 is 0.865 bits per heavy atom. The predicted molar refractivity (Wildman–Crippen MR) is 207 cm³/mol. The van der Waals surface area contributed by atoms with Gasteiger partial charge in [-0.15, -0.1) is 0 Å². The summed E-state index contributed by atoms with van der Waals surface area (Å²) in [7, 11) is 4.35. The van der Waals surface area contributed by atoms with E-state index in [1.165, 1.54) is 37.7 Å². The van der Waals surface area contributed by atoms with Gasteiger partial charge in [-0.05, 0) is 176 Å². The Balaban J connectivity index is 1.23. The molecule has 0 radical (unpaired) electrons. The lowest BCUT2D eigenvalue weighted by atomic mass is 9.32. The maximum atomic E-state index is 13.9. The molecule has 0 aromatic heterocycles. The van der Waals surface area contributed by atoms with Crippen LogP contribution in [-0.4, -0.2) is 60.1 Å². The average Bonchev–Trinajstić information content (AvgIpc) is 3.49. The molecule has 11 atom stereocenters. The van der Waals surface area contributed by atoms with Crippen LogP contribution in [0.5, 0.6) is 0 Å². The molecule has 1 unspecified atom stereocenters. The summed E-state index contributed by atoms with van der Waals surface area (Å²) in [5.74, 6) is 2.78. The Bertz CT molecular complexity index is 1400. The van der Waals surface area contributed by atoms with Crippen LogP contribution in [0.4, 0.5) is 0 Å². The van der Waals surface area contributed by atoms with Gasteiger partial charge in [-0.25, -0.2) is 0 Å².